The van der Waals surface area contributed by atoms with E-state index in [0.717, 1.165) is 11.3 Å². The zero-order valence-electron chi connectivity index (χ0n) is 15.7. The van der Waals surface area contributed by atoms with Crippen LogP contribution in [0.2, 0.25) is 0 Å². The quantitative estimate of drug-likeness (QED) is 0.667. The minimum absolute atomic E-state index is 0.202. The Hall–Kier alpha value is -3.68. The number of hydrogen-bond acceptors (Lipinski definition) is 6. The van der Waals surface area contributed by atoms with Crippen LogP contribution < -0.4 is 20.1 Å². The maximum absolute atomic E-state index is 13.0. The van der Waals surface area contributed by atoms with Crippen molar-refractivity contribution in [1.82, 2.24) is 15.3 Å². The van der Waals surface area contributed by atoms with Crippen LogP contribution in [0.15, 0.2) is 48.5 Å². The maximum atomic E-state index is 13.0. The van der Waals surface area contributed by atoms with Crippen LogP contribution >= 0.6 is 0 Å². The zero-order valence-corrected chi connectivity index (χ0v) is 15.7. The predicted molar refractivity (Wildman–Crippen MR) is 105 cm³/mol. The monoisotopic (exact) mass is 394 g/mol. The Labute approximate surface area is 166 Å². The van der Waals surface area contributed by atoms with Crippen molar-refractivity contribution in [1.29, 1.82) is 0 Å². The van der Waals surface area contributed by atoms with E-state index in [1.165, 1.54) is 12.1 Å². The van der Waals surface area contributed by atoms with E-state index in [0.29, 0.717) is 36.1 Å². The van der Waals surface area contributed by atoms with E-state index in [2.05, 4.69) is 20.6 Å². The molecule has 0 saturated carbocycles. The molecule has 0 spiro atoms. The second kappa shape index (κ2) is 8.14. The summed E-state index contributed by atoms with van der Waals surface area (Å²) < 4.78 is 23.6. The van der Waals surface area contributed by atoms with E-state index in [-0.39, 0.29) is 24.2 Å². The maximum Gasteiger partial charge on any atom is 0.270 e. The molecule has 1 aromatic heterocycles. The number of aromatic nitrogens is 2. The molecule has 1 amide bonds. The molecule has 3 aromatic rings. The number of ether oxygens (including phenoxy) is 2. The number of halogens is 1. The molecule has 8 heteroatoms. The minimum Gasteiger partial charge on any atom is -0.454 e. The van der Waals surface area contributed by atoms with Gasteiger partial charge in [0.1, 0.15) is 23.2 Å². The Bertz CT molecular complexity index is 1040. The molecule has 2 aromatic carbocycles. The summed E-state index contributed by atoms with van der Waals surface area (Å²) in [5.74, 6) is 1.73. The second-order valence-corrected chi connectivity index (χ2v) is 6.51. The fourth-order valence-electron chi connectivity index (χ4n) is 2.93. The first-order chi connectivity index (χ1) is 14.1. The van der Waals surface area contributed by atoms with E-state index in [1.54, 1.807) is 25.1 Å². The summed E-state index contributed by atoms with van der Waals surface area (Å²) in [6.07, 6.45) is 0.596. The first-order valence-electron chi connectivity index (χ1n) is 9.12. The molecule has 148 valence electrons. The topological polar surface area (TPSA) is 85.4 Å². The van der Waals surface area contributed by atoms with Gasteiger partial charge in [0.2, 0.25) is 6.79 Å². The largest absolute Gasteiger partial charge is 0.454 e. The summed E-state index contributed by atoms with van der Waals surface area (Å²) >= 11 is 0. The lowest BCUT2D eigenvalue weighted by atomic mass is 10.1. The summed E-state index contributed by atoms with van der Waals surface area (Å²) in [6.45, 7) is 2.34. The van der Waals surface area contributed by atoms with Crippen molar-refractivity contribution in [2.75, 3.05) is 18.7 Å². The Morgan fingerprint density at radius 1 is 1.07 bits per heavy atom. The molecule has 2 N–H and O–H groups in total. The van der Waals surface area contributed by atoms with Crippen molar-refractivity contribution in [3.8, 4) is 11.5 Å². The SMILES string of the molecule is Cc1nc(Nc2ccc3c(c2)OCO3)cc(C(=O)NCCc2ccc(F)cc2)n1. The number of amides is 1. The highest BCUT2D eigenvalue weighted by Crippen LogP contribution is 2.34. The lowest BCUT2D eigenvalue weighted by Crippen LogP contribution is -2.27. The van der Waals surface area contributed by atoms with Crippen LogP contribution in [0.3, 0.4) is 0 Å². The molecule has 1 aliphatic rings. The van der Waals surface area contributed by atoms with E-state index >= 15 is 0 Å². The summed E-state index contributed by atoms with van der Waals surface area (Å²) in [5.41, 5.74) is 1.96. The van der Waals surface area contributed by atoms with Gasteiger partial charge < -0.3 is 20.1 Å². The molecule has 0 unspecified atom stereocenters. The van der Waals surface area contributed by atoms with Gasteiger partial charge in [0, 0.05) is 24.4 Å². The number of fused-ring (bicyclic) bond motifs is 1. The predicted octanol–water partition coefficient (Wildman–Crippen LogP) is 3.37. The van der Waals surface area contributed by atoms with E-state index < -0.39 is 0 Å². The van der Waals surface area contributed by atoms with Gasteiger partial charge in [-0.15, -0.1) is 0 Å². The summed E-state index contributed by atoms with van der Waals surface area (Å²) in [6, 6.07) is 13.2. The highest BCUT2D eigenvalue weighted by Gasteiger charge is 2.14. The highest BCUT2D eigenvalue weighted by molar-refractivity contribution is 5.93. The molecule has 0 aliphatic carbocycles. The van der Waals surface area contributed by atoms with Crippen molar-refractivity contribution in [2.24, 2.45) is 0 Å². The van der Waals surface area contributed by atoms with Crippen molar-refractivity contribution < 1.29 is 18.7 Å². The third kappa shape index (κ3) is 4.60. The van der Waals surface area contributed by atoms with E-state index in [1.807, 2.05) is 18.2 Å². The standard InChI is InChI=1S/C21H19FN4O3/c1-13-24-17(21(27)23-9-8-14-2-4-15(22)5-3-14)11-20(25-13)26-16-6-7-18-19(10-16)29-12-28-18/h2-7,10-11H,8-9,12H2,1H3,(H,23,27)(H,24,25,26). The number of hydrogen-bond donors (Lipinski definition) is 2. The number of rotatable bonds is 6. The van der Waals surface area contributed by atoms with E-state index in [4.69, 9.17) is 9.47 Å². The zero-order chi connectivity index (χ0) is 20.2. The molecule has 29 heavy (non-hydrogen) atoms. The lowest BCUT2D eigenvalue weighted by Gasteiger charge is -2.10. The Balaban J connectivity index is 1.40. The average molecular weight is 394 g/mol. The van der Waals surface area contributed by atoms with Gasteiger partial charge in [-0.25, -0.2) is 14.4 Å². The van der Waals surface area contributed by atoms with Crippen LogP contribution in [0, 0.1) is 12.7 Å². The summed E-state index contributed by atoms with van der Waals surface area (Å²) in [4.78, 5) is 21.0. The van der Waals surface area contributed by atoms with Crippen LogP contribution in [0.1, 0.15) is 21.9 Å². The molecule has 0 fully saturated rings. The van der Waals surface area contributed by atoms with Crippen LogP contribution in [-0.4, -0.2) is 29.2 Å². The number of aryl methyl sites for hydroxylation is 1. The number of carbonyl (C=O) groups is 1. The Morgan fingerprint density at radius 2 is 1.86 bits per heavy atom. The van der Waals surface area contributed by atoms with Crippen molar-refractivity contribution in [3.63, 3.8) is 0 Å². The molecule has 0 saturated heterocycles. The fraction of sp³-hybridized carbons (Fsp3) is 0.190. The van der Waals surface area contributed by atoms with Crippen molar-refractivity contribution in [2.45, 2.75) is 13.3 Å². The van der Waals surface area contributed by atoms with E-state index in [9.17, 15) is 9.18 Å². The second-order valence-electron chi connectivity index (χ2n) is 6.51. The van der Waals surface area contributed by atoms with Gasteiger partial charge in [0.05, 0.1) is 0 Å². The van der Waals surface area contributed by atoms with Crippen LogP contribution in [-0.2, 0) is 6.42 Å². The van der Waals surface area contributed by atoms with Crippen molar-refractivity contribution in [3.05, 3.63) is 71.4 Å². The molecular weight excluding hydrogens is 375 g/mol. The fourth-order valence-corrected chi connectivity index (χ4v) is 2.93. The van der Waals surface area contributed by atoms with Crippen LogP contribution in [0.25, 0.3) is 0 Å². The molecule has 4 rings (SSSR count). The van der Waals surface area contributed by atoms with Gasteiger partial charge in [-0.2, -0.15) is 0 Å². The first kappa shape index (κ1) is 18.7. The number of anilines is 2. The molecule has 0 atom stereocenters. The van der Waals surface area contributed by atoms with Gasteiger partial charge in [-0.3, -0.25) is 4.79 Å². The Morgan fingerprint density at radius 3 is 2.69 bits per heavy atom. The molecule has 0 radical (unpaired) electrons. The molecule has 2 heterocycles. The van der Waals surface area contributed by atoms with Crippen LogP contribution in [0.5, 0.6) is 11.5 Å². The van der Waals surface area contributed by atoms with Gasteiger partial charge in [-0.1, -0.05) is 12.1 Å². The minimum atomic E-state index is -0.300. The number of nitrogens with one attached hydrogen (secondary N) is 2. The van der Waals surface area contributed by atoms with Gasteiger partial charge >= 0.3 is 0 Å². The van der Waals surface area contributed by atoms with Crippen molar-refractivity contribution >= 4 is 17.4 Å². The van der Waals surface area contributed by atoms with Gasteiger partial charge in [0.25, 0.3) is 5.91 Å². The lowest BCUT2D eigenvalue weighted by molar-refractivity contribution is 0.0948. The third-order valence-electron chi connectivity index (χ3n) is 4.33. The summed E-state index contributed by atoms with van der Waals surface area (Å²) in [7, 11) is 0. The molecular formula is C21H19FN4O3. The van der Waals surface area contributed by atoms with Gasteiger partial charge in [-0.05, 0) is 43.2 Å². The number of carbonyl (C=O) groups excluding carboxylic acids is 1. The smallest absolute Gasteiger partial charge is 0.270 e. The molecule has 0 bridgehead atoms. The van der Waals surface area contributed by atoms with Crippen LogP contribution in [0.4, 0.5) is 15.9 Å². The number of nitrogens with zero attached hydrogens (tertiary/aromatic N) is 2. The summed E-state index contributed by atoms with van der Waals surface area (Å²) in [5, 5.41) is 5.98. The number of benzene rings is 2. The Kier molecular flexibility index (Phi) is 5.24. The molecule has 1 aliphatic heterocycles. The highest BCUT2D eigenvalue weighted by atomic mass is 19.1. The van der Waals surface area contributed by atoms with Gasteiger partial charge in [0.15, 0.2) is 11.5 Å². The third-order valence-corrected chi connectivity index (χ3v) is 4.33. The normalized spacial score (nSPS) is 11.9. The average Bonchev–Trinajstić information content (AvgIpc) is 3.17. The molecule has 7 nitrogen and oxygen atoms in total. The first-order valence-corrected chi connectivity index (χ1v) is 9.12.